The van der Waals surface area contributed by atoms with E-state index in [4.69, 9.17) is 19.2 Å². The summed E-state index contributed by atoms with van der Waals surface area (Å²) in [5, 5.41) is 6.69. The molecule has 0 spiro atoms. The lowest BCUT2D eigenvalue weighted by Crippen LogP contribution is -2.38. The molecule has 2 rings (SSSR count). The predicted octanol–water partition coefficient (Wildman–Crippen LogP) is 2.72. The highest BCUT2D eigenvalue weighted by atomic mass is 16.5. The summed E-state index contributed by atoms with van der Waals surface area (Å²) in [7, 11) is 0. The maximum Gasteiger partial charge on any atom is 0.191 e. The first kappa shape index (κ1) is 21.7. The van der Waals surface area contributed by atoms with Crippen molar-refractivity contribution < 1.29 is 14.2 Å². The number of ether oxygens (including phenoxy) is 3. The van der Waals surface area contributed by atoms with Gasteiger partial charge in [0.25, 0.3) is 0 Å². The molecule has 1 aromatic carbocycles. The Balaban J connectivity index is 1.71. The van der Waals surface area contributed by atoms with Gasteiger partial charge in [0.15, 0.2) is 5.96 Å². The number of nitrogens with zero attached hydrogens (tertiary/aromatic N) is 1. The minimum atomic E-state index is 0.577. The summed E-state index contributed by atoms with van der Waals surface area (Å²) in [6.07, 6.45) is 2.08. The van der Waals surface area contributed by atoms with E-state index in [9.17, 15) is 0 Å². The van der Waals surface area contributed by atoms with E-state index in [1.54, 1.807) is 0 Å². The van der Waals surface area contributed by atoms with E-state index in [-0.39, 0.29) is 0 Å². The van der Waals surface area contributed by atoms with Crippen molar-refractivity contribution >= 4 is 5.96 Å². The Bertz CT molecular complexity index is 545. The molecule has 152 valence electrons. The van der Waals surface area contributed by atoms with Crippen molar-refractivity contribution in [3.8, 4) is 0 Å². The molecule has 0 radical (unpaired) electrons. The van der Waals surface area contributed by atoms with Crippen LogP contribution >= 0.6 is 0 Å². The van der Waals surface area contributed by atoms with Crippen LogP contribution < -0.4 is 10.6 Å². The summed E-state index contributed by atoms with van der Waals surface area (Å²) in [5.74, 6) is 1.42. The molecule has 2 N–H and O–H groups in total. The van der Waals surface area contributed by atoms with Crippen molar-refractivity contribution in [2.45, 2.75) is 39.8 Å². The van der Waals surface area contributed by atoms with Crippen LogP contribution in [-0.4, -0.2) is 52.1 Å². The Hall–Kier alpha value is -1.63. The highest BCUT2D eigenvalue weighted by molar-refractivity contribution is 5.79. The Morgan fingerprint density at radius 3 is 2.78 bits per heavy atom. The smallest absolute Gasteiger partial charge is 0.191 e. The fourth-order valence-electron chi connectivity index (χ4n) is 2.92. The minimum Gasteiger partial charge on any atom is -0.381 e. The molecule has 1 aliphatic heterocycles. The van der Waals surface area contributed by atoms with Gasteiger partial charge in [-0.3, -0.25) is 0 Å². The van der Waals surface area contributed by atoms with Gasteiger partial charge in [0, 0.05) is 38.8 Å². The third kappa shape index (κ3) is 8.73. The molecule has 1 aliphatic rings. The number of rotatable bonds is 12. The maximum absolute atomic E-state index is 5.75. The first-order valence-electron chi connectivity index (χ1n) is 10.2. The van der Waals surface area contributed by atoms with Crippen molar-refractivity contribution in [2.75, 3.05) is 46.1 Å². The first-order chi connectivity index (χ1) is 13.3. The summed E-state index contributed by atoms with van der Waals surface area (Å²) in [4.78, 5) is 4.71. The van der Waals surface area contributed by atoms with Gasteiger partial charge in [-0.15, -0.1) is 0 Å². The van der Waals surface area contributed by atoms with E-state index < -0.39 is 0 Å². The van der Waals surface area contributed by atoms with Gasteiger partial charge in [0.05, 0.1) is 26.4 Å². The second kappa shape index (κ2) is 13.5. The van der Waals surface area contributed by atoms with Crippen molar-refractivity contribution in [1.29, 1.82) is 0 Å². The zero-order valence-electron chi connectivity index (χ0n) is 16.8. The molecule has 27 heavy (non-hydrogen) atoms. The van der Waals surface area contributed by atoms with E-state index in [2.05, 4.69) is 29.7 Å². The van der Waals surface area contributed by atoms with E-state index in [1.165, 1.54) is 11.1 Å². The molecule has 1 fully saturated rings. The molecular weight excluding hydrogens is 342 g/mol. The Labute approximate surface area is 163 Å². The summed E-state index contributed by atoms with van der Waals surface area (Å²) < 4.78 is 16.7. The van der Waals surface area contributed by atoms with Gasteiger partial charge < -0.3 is 24.8 Å². The van der Waals surface area contributed by atoms with Crippen LogP contribution in [-0.2, 0) is 27.4 Å². The highest BCUT2D eigenvalue weighted by Crippen LogP contribution is 2.12. The van der Waals surface area contributed by atoms with Crippen molar-refractivity contribution in [3.05, 3.63) is 35.4 Å². The number of hydrogen-bond acceptors (Lipinski definition) is 4. The number of nitrogens with one attached hydrogen (secondary N) is 2. The predicted molar refractivity (Wildman–Crippen MR) is 109 cm³/mol. The first-order valence-corrected chi connectivity index (χ1v) is 10.2. The monoisotopic (exact) mass is 377 g/mol. The summed E-state index contributed by atoms with van der Waals surface area (Å²) >= 11 is 0. The minimum absolute atomic E-state index is 0.577. The molecule has 0 aromatic heterocycles. The quantitative estimate of drug-likeness (QED) is 0.333. The average molecular weight is 378 g/mol. The summed E-state index contributed by atoms with van der Waals surface area (Å²) in [6, 6.07) is 8.31. The molecule has 0 amide bonds. The van der Waals surface area contributed by atoms with Gasteiger partial charge in [-0.2, -0.15) is 0 Å². The molecule has 1 saturated heterocycles. The molecule has 1 aromatic rings. The zero-order valence-corrected chi connectivity index (χ0v) is 16.8. The molecule has 1 atom stereocenters. The van der Waals surface area contributed by atoms with Gasteiger partial charge in [-0.25, -0.2) is 4.99 Å². The van der Waals surface area contributed by atoms with Gasteiger partial charge in [0.1, 0.15) is 0 Å². The molecule has 0 aliphatic carbocycles. The van der Waals surface area contributed by atoms with Gasteiger partial charge in [-0.05, 0) is 37.8 Å². The largest absolute Gasteiger partial charge is 0.381 e. The van der Waals surface area contributed by atoms with Crippen LogP contribution in [0.25, 0.3) is 0 Å². The topological polar surface area (TPSA) is 64.1 Å². The van der Waals surface area contributed by atoms with E-state index in [1.807, 2.05) is 19.1 Å². The van der Waals surface area contributed by atoms with E-state index in [0.717, 1.165) is 64.9 Å². The SMILES string of the molecule is CCNC(=NCc1ccccc1COCC)NCCCOCC1CCOC1. The highest BCUT2D eigenvalue weighted by Gasteiger charge is 2.15. The van der Waals surface area contributed by atoms with Gasteiger partial charge in [-0.1, -0.05) is 24.3 Å². The van der Waals surface area contributed by atoms with Gasteiger partial charge in [0.2, 0.25) is 0 Å². The summed E-state index contributed by atoms with van der Waals surface area (Å²) in [6.45, 7) is 11.1. The third-order valence-electron chi connectivity index (χ3n) is 4.47. The Kier molecular flexibility index (Phi) is 10.9. The van der Waals surface area contributed by atoms with E-state index in [0.29, 0.717) is 19.1 Å². The molecule has 1 heterocycles. The molecule has 0 saturated carbocycles. The van der Waals surface area contributed by atoms with Gasteiger partial charge >= 0.3 is 0 Å². The number of guanidine groups is 1. The van der Waals surface area contributed by atoms with Crippen molar-refractivity contribution in [1.82, 2.24) is 10.6 Å². The maximum atomic E-state index is 5.75. The lowest BCUT2D eigenvalue weighted by molar-refractivity contribution is 0.0888. The second-order valence-electron chi connectivity index (χ2n) is 6.69. The number of benzene rings is 1. The lowest BCUT2D eigenvalue weighted by Gasteiger charge is -2.13. The van der Waals surface area contributed by atoms with Crippen LogP contribution in [0.3, 0.4) is 0 Å². The molecule has 0 bridgehead atoms. The number of aliphatic imine (C=N–C) groups is 1. The van der Waals surface area contributed by atoms with Crippen LogP contribution in [0.1, 0.15) is 37.8 Å². The van der Waals surface area contributed by atoms with Crippen molar-refractivity contribution in [3.63, 3.8) is 0 Å². The fraction of sp³-hybridized carbons (Fsp3) is 0.667. The molecule has 6 nitrogen and oxygen atoms in total. The molecule has 1 unspecified atom stereocenters. The standard InChI is InChI=1S/C21H35N3O3/c1-3-22-21(23-11-7-12-26-15-18-10-13-27-16-18)24-14-19-8-5-6-9-20(19)17-25-4-2/h5-6,8-9,18H,3-4,7,10-17H2,1-2H3,(H2,22,23,24). The van der Waals surface area contributed by atoms with E-state index >= 15 is 0 Å². The van der Waals surface area contributed by atoms with Crippen LogP contribution in [0.2, 0.25) is 0 Å². The average Bonchev–Trinajstić information content (AvgIpc) is 3.21. The zero-order chi connectivity index (χ0) is 19.2. The summed E-state index contributed by atoms with van der Waals surface area (Å²) in [5.41, 5.74) is 2.40. The fourth-order valence-corrected chi connectivity index (χ4v) is 2.92. The Morgan fingerprint density at radius 1 is 1.19 bits per heavy atom. The van der Waals surface area contributed by atoms with Crippen molar-refractivity contribution in [2.24, 2.45) is 10.9 Å². The molecular formula is C21H35N3O3. The van der Waals surface area contributed by atoms with Crippen LogP contribution in [0.5, 0.6) is 0 Å². The second-order valence-corrected chi connectivity index (χ2v) is 6.69. The third-order valence-corrected chi connectivity index (χ3v) is 4.47. The van der Waals surface area contributed by atoms with Crippen LogP contribution in [0.4, 0.5) is 0 Å². The molecule has 6 heteroatoms. The normalized spacial score (nSPS) is 17.3. The van der Waals surface area contributed by atoms with Crippen LogP contribution in [0, 0.1) is 5.92 Å². The van der Waals surface area contributed by atoms with Crippen LogP contribution in [0.15, 0.2) is 29.3 Å². The number of hydrogen-bond donors (Lipinski definition) is 2. The Morgan fingerprint density at radius 2 is 2.04 bits per heavy atom. The lowest BCUT2D eigenvalue weighted by atomic mass is 10.1.